The summed E-state index contributed by atoms with van der Waals surface area (Å²) in [5, 5.41) is 0. The minimum Gasteiger partial charge on any atom is -0.497 e. The fourth-order valence-corrected chi connectivity index (χ4v) is 3.19. The molecule has 2 aromatic rings. The highest BCUT2D eigenvalue weighted by molar-refractivity contribution is 6.09. The number of amides is 1. The normalized spacial score (nSPS) is 19.4. The van der Waals surface area contributed by atoms with Gasteiger partial charge in [-0.2, -0.15) is 0 Å². The molecule has 1 fully saturated rings. The molecule has 2 aromatic carbocycles. The summed E-state index contributed by atoms with van der Waals surface area (Å²) in [4.78, 5) is 21.2. The van der Waals surface area contributed by atoms with Crippen molar-refractivity contribution in [2.45, 2.75) is 6.04 Å². The van der Waals surface area contributed by atoms with Crippen LogP contribution < -0.4 is 14.4 Å². The van der Waals surface area contributed by atoms with Crippen LogP contribution in [0.5, 0.6) is 11.5 Å². The van der Waals surface area contributed by atoms with Gasteiger partial charge in [0.15, 0.2) is 0 Å². The lowest BCUT2D eigenvalue weighted by molar-refractivity contribution is -0.129. The average molecular weight is 367 g/mol. The summed E-state index contributed by atoms with van der Waals surface area (Å²) in [5.41, 5.74) is 1.68. The summed E-state index contributed by atoms with van der Waals surface area (Å²) >= 11 is 0. The summed E-state index contributed by atoms with van der Waals surface area (Å²) in [6, 6.07) is 15.0. The molecule has 0 aliphatic carbocycles. The van der Waals surface area contributed by atoms with Crippen LogP contribution in [0.25, 0.3) is 0 Å². The van der Waals surface area contributed by atoms with Crippen molar-refractivity contribution in [1.82, 2.24) is 4.90 Å². The molecule has 1 amide bonds. The molecule has 0 bridgehead atoms. The first-order valence-corrected chi connectivity index (χ1v) is 8.83. The number of carbonyl (C=O) groups excluding carboxylic acids is 1. The molecule has 142 valence electrons. The zero-order valence-electron chi connectivity index (χ0n) is 16.1. The van der Waals surface area contributed by atoms with E-state index in [-0.39, 0.29) is 17.9 Å². The number of anilines is 1. The summed E-state index contributed by atoms with van der Waals surface area (Å²) in [5.74, 6) is 1.56. The Labute approximate surface area is 160 Å². The highest BCUT2D eigenvalue weighted by Gasteiger charge is 2.47. The quantitative estimate of drug-likeness (QED) is 0.558. The lowest BCUT2D eigenvalue weighted by Gasteiger charge is -2.46. The minimum atomic E-state index is -0.107. The molecule has 0 spiro atoms. The SMILES string of the molecule is COc1ccc(N=CC2C(CN(C)C)C(=O)N2c2ccc(OC)cc2)cc1. The van der Waals surface area contributed by atoms with Gasteiger partial charge in [-0.3, -0.25) is 9.79 Å². The summed E-state index contributed by atoms with van der Waals surface area (Å²) in [6.07, 6.45) is 1.86. The highest BCUT2D eigenvalue weighted by Crippen LogP contribution is 2.33. The van der Waals surface area contributed by atoms with Crippen molar-refractivity contribution in [3.63, 3.8) is 0 Å². The Bertz CT molecular complexity index is 800. The van der Waals surface area contributed by atoms with Gasteiger partial charge in [0.25, 0.3) is 0 Å². The summed E-state index contributed by atoms with van der Waals surface area (Å²) < 4.78 is 10.4. The number of β-lactam (4-membered cyclic amide) rings is 1. The third-order valence-corrected chi connectivity index (χ3v) is 4.63. The van der Waals surface area contributed by atoms with Crippen LogP contribution in [-0.4, -0.2) is 57.9 Å². The number of rotatable bonds is 7. The predicted octanol–water partition coefficient (Wildman–Crippen LogP) is 3.00. The molecular weight excluding hydrogens is 342 g/mol. The van der Waals surface area contributed by atoms with Crippen LogP contribution in [0.3, 0.4) is 0 Å². The van der Waals surface area contributed by atoms with E-state index in [9.17, 15) is 4.79 Å². The fraction of sp³-hybridized carbons (Fsp3) is 0.333. The Balaban J connectivity index is 1.82. The molecule has 0 radical (unpaired) electrons. The number of nitrogens with zero attached hydrogens (tertiary/aromatic N) is 3. The first kappa shape index (κ1) is 18.9. The molecule has 6 nitrogen and oxygen atoms in total. The molecule has 1 aliphatic heterocycles. The Morgan fingerprint density at radius 3 is 2.07 bits per heavy atom. The van der Waals surface area contributed by atoms with Gasteiger partial charge in [-0.1, -0.05) is 0 Å². The minimum absolute atomic E-state index is 0.0876. The zero-order chi connectivity index (χ0) is 19.4. The molecule has 2 unspecified atom stereocenters. The molecule has 1 saturated heterocycles. The van der Waals surface area contributed by atoms with Gasteiger partial charge in [-0.05, 0) is 62.6 Å². The molecule has 27 heavy (non-hydrogen) atoms. The van der Waals surface area contributed by atoms with Crippen molar-refractivity contribution < 1.29 is 14.3 Å². The standard InChI is InChI=1S/C21H25N3O3/c1-23(2)14-19-20(13-22-15-5-9-17(26-3)10-6-15)24(21(19)25)16-7-11-18(27-4)12-8-16/h5-13,19-20H,14H2,1-4H3. The number of benzene rings is 2. The number of ether oxygens (including phenoxy) is 2. The summed E-state index contributed by atoms with van der Waals surface area (Å²) in [6.45, 7) is 0.685. The molecule has 2 atom stereocenters. The van der Waals surface area contributed by atoms with E-state index in [2.05, 4.69) is 4.99 Å². The van der Waals surface area contributed by atoms with Gasteiger partial charge in [0.1, 0.15) is 11.5 Å². The monoisotopic (exact) mass is 367 g/mol. The van der Waals surface area contributed by atoms with Crippen LogP contribution in [0.4, 0.5) is 11.4 Å². The molecule has 1 heterocycles. The maximum Gasteiger partial charge on any atom is 0.234 e. The van der Waals surface area contributed by atoms with Crippen molar-refractivity contribution in [2.75, 3.05) is 39.8 Å². The van der Waals surface area contributed by atoms with Crippen LogP contribution in [0.2, 0.25) is 0 Å². The van der Waals surface area contributed by atoms with E-state index in [4.69, 9.17) is 9.47 Å². The number of methoxy groups -OCH3 is 2. The molecular formula is C21H25N3O3. The first-order chi connectivity index (χ1) is 13.0. The van der Waals surface area contributed by atoms with E-state index in [1.54, 1.807) is 19.1 Å². The second-order valence-electron chi connectivity index (χ2n) is 6.74. The Kier molecular flexibility index (Phi) is 5.76. The van der Waals surface area contributed by atoms with Crippen molar-refractivity contribution in [1.29, 1.82) is 0 Å². The molecule has 3 rings (SSSR count). The van der Waals surface area contributed by atoms with E-state index >= 15 is 0 Å². The van der Waals surface area contributed by atoms with Crippen molar-refractivity contribution >= 4 is 23.5 Å². The smallest absolute Gasteiger partial charge is 0.234 e. The third-order valence-electron chi connectivity index (χ3n) is 4.63. The highest BCUT2D eigenvalue weighted by atomic mass is 16.5. The Hall–Kier alpha value is -2.86. The van der Waals surface area contributed by atoms with E-state index in [1.165, 1.54) is 0 Å². The van der Waals surface area contributed by atoms with E-state index in [0.29, 0.717) is 6.54 Å². The molecule has 6 heteroatoms. The van der Waals surface area contributed by atoms with Crippen molar-refractivity contribution in [2.24, 2.45) is 10.9 Å². The van der Waals surface area contributed by atoms with Gasteiger partial charge in [-0.15, -0.1) is 0 Å². The van der Waals surface area contributed by atoms with Gasteiger partial charge < -0.3 is 19.3 Å². The van der Waals surface area contributed by atoms with Crippen LogP contribution in [0.1, 0.15) is 0 Å². The Morgan fingerprint density at radius 1 is 1.00 bits per heavy atom. The van der Waals surface area contributed by atoms with Gasteiger partial charge in [0, 0.05) is 18.4 Å². The van der Waals surface area contributed by atoms with E-state index in [1.807, 2.05) is 73.7 Å². The second kappa shape index (κ2) is 8.22. The van der Waals surface area contributed by atoms with Gasteiger partial charge in [0.05, 0.1) is 31.9 Å². The lowest BCUT2D eigenvalue weighted by Crippen LogP contribution is -2.64. The second-order valence-corrected chi connectivity index (χ2v) is 6.74. The van der Waals surface area contributed by atoms with Crippen molar-refractivity contribution in [3.8, 4) is 11.5 Å². The predicted molar refractivity (Wildman–Crippen MR) is 107 cm³/mol. The largest absolute Gasteiger partial charge is 0.497 e. The van der Waals surface area contributed by atoms with Gasteiger partial charge in [-0.25, -0.2) is 0 Å². The molecule has 0 N–H and O–H groups in total. The zero-order valence-corrected chi connectivity index (χ0v) is 16.1. The first-order valence-electron chi connectivity index (χ1n) is 8.83. The molecule has 0 aromatic heterocycles. The van der Waals surface area contributed by atoms with Crippen LogP contribution in [0.15, 0.2) is 53.5 Å². The van der Waals surface area contributed by atoms with E-state index < -0.39 is 0 Å². The maximum atomic E-state index is 12.7. The fourth-order valence-electron chi connectivity index (χ4n) is 3.19. The van der Waals surface area contributed by atoms with E-state index in [0.717, 1.165) is 22.9 Å². The van der Waals surface area contributed by atoms with Gasteiger partial charge >= 0.3 is 0 Å². The van der Waals surface area contributed by atoms with Crippen LogP contribution in [-0.2, 0) is 4.79 Å². The third kappa shape index (κ3) is 4.11. The van der Waals surface area contributed by atoms with Crippen LogP contribution >= 0.6 is 0 Å². The number of hydrogen-bond donors (Lipinski definition) is 0. The lowest BCUT2D eigenvalue weighted by atomic mass is 9.86. The maximum absolute atomic E-state index is 12.7. The topological polar surface area (TPSA) is 54.4 Å². The average Bonchev–Trinajstić information content (AvgIpc) is 2.69. The number of aliphatic imine (C=N–C) groups is 1. The number of carbonyl (C=O) groups is 1. The van der Waals surface area contributed by atoms with Gasteiger partial charge in [0.2, 0.25) is 5.91 Å². The number of hydrogen-bond acceptors (Lipinski definition) is 5. The molecule has 0 saturated carbocycles. The Morgan fingerprint density at radius 2 is 1.56 bits per heavy atom. The van der Waals surface area contributed by atoms with Crippen molar-refractivity contribution in [3.05, 3.63) is 48.5 Å². The summed E-state index contributed by atoms with van der Waals surface area (Å²) in [7, 11) is 7.21. The van der Waals surface area contributed by atoms with Crippen LogP contribution in [0, 0.1) is 5.92 Å². The molecule has 1 aliphatic rings.